The number of pyridine rings is 1. The van der Waals surface area contributed by atoms with Crippen LogP contribution in [0.4, 0.5) is 5.69 Å². The van der Waals surface area contributed by atoms with Gasteiger partial charge in [0.15, 0.2) is 0 Å². The number of hydrogen-bond acceptors (Lipinski definition) is 5. The first-order valence-corrected chi connectivity index (χ1v) is 9.56. The molecular formula is C15H24N4O2S. The van der Waals surface area contributed by atoms with Crippen LogP contribution in [0.2, 0.25) is 0 Å². The third-order valence-electron chi connectivity index (χ3n) is 4.74. The van der Waals surface area contributed by atoms with E-state index in [1.54, 1.807) is 12.3 Å². The Morgan fingerprint density at radius 3 is 2.73 bits per heavy atom. The molecule has 1 atom stereocenters. The first-order chi connectivity index (χ1) is 10.5. The minimum Gasteiger partial charge on any atom is -0.380 e. The fourth-order valence-electron chi connectivity index (χ4n) is 3.67. The molecule has 7 heteroatoms. The van der Waals surface area contributed by atoms with Gasteiger partial charge in [0.2, 0.25) is 10.0 Å². The molecule has 0 aromatic carbocycles. The molecule has 0 spiro atoms. The second-order valence-corrected chi connectivity index (χ2v) is 7.86. The number of aromatic nitrogens is 1. The summed E-state index contributed by atoms with van der Waals surface area (Å²) in [5, 5.41) is 8.64. The van der Waals surface area contributed by atoms with Gasteiger partial charge >= 0.3 is 0 Å². The van der Waals surface area contributed by atoms with Gasteiger partial charge in [0.05, 0.1) is 5.69 Å². The van der Waals surface area contributed by atoms with Crippen LogP contribution < -0.4 is 10.5 Å². The third kappa shape index (κ3) is 3.59. The molecule has 1 saturated carbocycles. The average Bonchev–Trinajstić information content (AvgIpc) is 3.01. The van der Waals surface area contributed by atoms with Crippen molar-refractivity contribution in [2.75, 3.05) is 18.4 Å². The summed E-state index contributed by atoms with van der Waals surface area (Å²) in [7, 11) is -3.75. The first kappa shape index (κ1) is 15.7. The number of piperidine rings is 1. The van der Waals surface area contributed by atoms with Crippen LogP contribution in [-0.4, -0.2) is 43.5 Å². The largest absolute Gasteiger partial charge is 0.380 e. The Morgan fingerprint density at radius 2 is 2.00 bits per heavy atom. The zero-order chi connectivity index (χ0) is 15.6. The van der Waals surface area contributed by atoms with Gasteiger partial charge < -0.3 is 5.32 Å². The average molecular weight is 324 g/mol. The Balaban J connectivity index is 1.70. The Kier molecular flexibility index (Phi) is 4.65. The molecule has 1 aliphatic heterocycles. The number of nitrogens with one attached hydrogen (secondary N) is 1. The lowest BCUT2D eigenvalue weighted by Gasteiger charge is -2.37. The first-order valence-electron chi connectivity index (χ1n) is 8.01. The summed E-state index contributed by atoms with van der Waals surface area (Å²) in [6.07, 6.45) is 10.4. The van der Waals surface area contributed by atoms with E-state index in [9.17, 15) is 8.42 Å². The molecule has 2 aliphatic rings. The van der Waals surface area contributed by atoms with Crippen molar-refractivity contribution in [3.63, 3.8) is 0 Å². The summed E-state index contributed by atoms with van der Waals surface area (Å²) in [5.41, 5.74) is 0.566. The number of primary sulfonamides is 1. The van der Waals surface area contributed by atoms with Crippen LogP contribution in [0.3, 0.4) is 0 Å². The second kappa shape index (κ2) is 6.52. The van der Waals surface area contributed by atoms with Gasteiger partial charge in [0.1, 0.15) is 4.90 Å². The number of nitrogens with two attached hydrogens (primary N) is 1. The molecule has 2 fully saturated rings. The number of anilines is 1. The summed E-state index contributed by atoms with van der Waals surface area (Å²) in [5.74, 6) is 0. The van der Waals surface area contributed by atoms with Crippen LogP contribution in [0, 0.1) is 0 Å². The van der Waals surface area contributed by atoms with E-state index in [4.69, 9.17) is 5.14 Å². The number of nitrogens with zero attached hydrogens (tertiary/aromatic N) is 2. The van der Waals surface area contributed by atoms with Gasteiger partial charge in [-0.05, 0) is 38.3 Å². The Morgan fingerprint density at radius 1 is 1.23 bits per heavy atom. The van der Waals surface area contributed by atoms with Crippen LogP contribution in [0.1, 0.15) is 38.5 Å². The molecule has 22 heavy (non-hydrogen) atoms. The van der Waals surface area contributed by atoms with E-state index in [1.165, 1.54) is 31.9 Å². The van der Waals surface area contributed by atoms with Crippen molar-refractivity contribution in [3.8, 4) is 0 Å². The molecule has 1 unspecified atom stereocenters. The van der Waals surface area contributed by atoms with Crippen LogP contribution in [-0.2, 0) is 10.0 Å². The maximum Gasteiger partial charge on any atom is 0.241 e. The van der Waals surface area contributed by atoms with Gasteiger partial charge in [-0.25, -0.2) is 13.6 Å². The molecule has 0 bridgehead atoms. The molecule has 3 rings (SSSR count). The molecule has 0 radical (unpaired) electrons. The van der Waals surface area contributed by atoms with Crippen molar-refractivity contribution in [1.29, 1.82) is 0 Å². The standard InChI is InChI=1S/C15H24N4O2S/c16-22(20,21)15-10-17-8-7-14(15)18-12-4-3-9-19(11-12)13-5-1-2-6-13/h7-8,10,12-13H,1-6,9,11H2,(H,17,18)(H2,16,20,21). The monoisotopic (exact) mass is 324 g/mol. The molecule has 0 amide bonds. The van der Waals surface area contributed by atoms with E-state index in [0.29, 0.717) is 11.7 Å². The van der Waals surface area contributed by atoms with Crippen molar-refractivity contribution in [1.82, 2.24) is 9.88 Å². The van der Waals surface area contributed by atoms with Gasteiger partial charge in [-0.1, -0.05) is 12.8 Å². The molecule has 1 aliphatic carbocycles. The number of likely N-dealkylation sites (tertiary alicyclic amines) is 1. The highest BCUT2D eigenvalue weighted by molar-refractivity contribution is 7.89. The van der Waals surface area contributed by atoms with Gasteiger partial charge in [-0.3, -0.25) is 9.88 Å². The molecule has 1 saturated heterocycles. The predicted molar refractivity (Wildman–Crippen MR) is 86.1 cm³/mol. The summed E-state index contributed by atoms with van der Waals surface area (Å²) >= 11 is 0. The van der Waals surface area contributed by atoms with E-state index in [2.05, 4.69) is 15.2 Å². The zero-order valence-corrected chi connectivity index (χ0v) is 13.6. The van der Waals surface area contributed by atoms with E-state index in [1.807, 2.05) is 0 Å². The fourth-order valence-corrected chi connectivity index (χ4v) is 4.31. The van der Waals surface area contributed by atoms with Crippen LogP contribution in [0.25, 0.3) is 0 Å². The lowest BCUT2D eigenvalue weighted by molar-refractivity contribution is 0.156. The molecular weight excluding hydrogens is 300 g/mol. The van der Waals surface area contributed by atoms with E-state index in [0.717, 1.165) is 25.9 Å². The highest BCUT2D eigenvalue weighted by Gasteiger charge is 2.28. The van der Waals surface area contributed by atoms with Crippen molar-refractivity contribution >= 4 is 15.7 Å². The van der Waals surface area contributed by atoms with E-state index in [-0.39, 0.29) is 10.9 Å². The van der Waals surface area contributed by atoms with Crippen LogP contribution in [0.15, 0.2) is 23.4 Å². The van der Waals surface area contributed by atoms with E-state index < -0.39 is 10.0 Å². The molecule has 122 valence electrons. The SMILES string of the molecule is NS(=O)(=O)c1cnccc1NC1CCCN(C2CCCC2)C1. The summed E-state index contributed by atoms with van der Waals surface area (Å²) < 4.78 is 23.3. The molecule has 2 heterocycles. The minimum absolute atomic E-state index is 0.0768. The third-order valence-corrected chi connectivity index (χ3v) is 5.68. The topological polar surface area (TPSA) is 88.3 Å². The van der Waals surface area contributed by atoms with Gasteiger partial charge in [0, 0.05) is 31.0 Å². The van der Waals surface area contributed by atoms with E-state index >= 15 is 0 Å². The highest BCUT2D eigenvalue weighted by Crippen LogP contribution is 2.28. The number of rotatable bonds is 4. The normalized spacial score (nSPS) is 24.5. The van der Waals surface area contributed by atoms with Crippen LogP contribution >= 0.6 is 0 Å². The quantitative estimate of drug-likeness (QED) is 0.877. The highest BCUT2D eigenvalue weighted by atomic mass is 32.2. The molecule has 1 aromatic rings. The molecule has 6 nitrogen and oxygen atoms in total. The van der Waals surface area contributed by atoms with Crippen molar-refractivity contribution in [3.05, 3.63) is 18.5 Å². The Labute approximate surface area is 132 Å². The van der Waals surface area contributed by atoms with Crippen molar-refractivity contribution < 1.29 is 8.42 Å². The maximum absolute atomic E-state index is 11.7. The van der Waals surface area contributed by atoms with Crippen LogP contribution in [0.5, 0.6) is 0 Å². The number of hydrogen-bond donors (Lipinski definition) is 2. The van der Waals surface area contributed by atoms with Crippen molar-refractivity contribution in [2.45, 2.75) is 55.5 Å². The molecule has 3 N–H and O–H groups in total. The fraction of sp³-hybridized carbons (Fsp3) is 0.667. The van der Waals surface area contributed by atoms with Gasteiger partial charge in [-0.15, -0.1) is 0 Å². The summed E-state index contributed by atoms with van der Waals surface area (Å²) in [4.78, 5) is 6.51. The van der Waals surface area contributed by atoms with Gasteiger partial charge in [0.25, 0.3) is 0 Å². The predicted octanol–water partition coefficient (Wildman–Crippen LogP) is 1.55. The minimum atomic E-state index is -3.75. The van der Waals surface area contributed by atoms with Crippen molar-refractivity contribution in [2.24, 2.45) is 5.14 Å². The number of sulfonamides is 1. The second-order valence-electron chi connectivity index (χ2n) is 6.33. The van der Waals surface area contributed by atoms with Gasteiger partial charge in [-0.2, -0.15) is 0 Å². The lowest BCUT2D eigenvalue weighted by atomic mass is 10.0. The summed E-state index contributed by atoms with van der Waals surface area (Å²) in [6, 6.07) is 2.66. The lowest BCUT2D eigenvalue weighted by Crippen LogP contribution is -2.46. The zero-order valence-electron chi connectivity index (χ0n) is 12.7. The Bertz CT molecular complexity index is 614. The maximum atomic E-state index is 11.7. The summed E-state index contributed by atoms with van der Waals surface area (Å²) in [6.45, 7) is 2.12. The Hall–Kier alpha value is -1.18. The molecule has 1 aromatic heterocycles. The smallest absolute Gasteiger partial charge is 0.241 e.